The summed E-state index contributed by atoms with van der Waals surface area (Å²) in [6.07, 6.45) is 3.12. The first kappa shape index (κ1) is 13.7. The SMILES string of the molecule is Cc1nccc(C2CN(C(=O)c3ccnn3C)CCO2)n1. The van der Waals surface area contributed by atoms with Crippen LogP contribution in [0.1, 0.15) is 28.1 Å². The van der Waals surface area contributed by atoms with Gasteiger partial charge in [0.1, 0.15) is 17.6 Å². The van der Waals surface area contributed by atoms with Crippen LogP contribution < -0.4 is 0 Å². The van der Waals surface area contributed by atoms with Crippen LogP contribution in [0.15, 0.2) is 24.5 Å². The third-order valence-electron chi connectivity index (χ3n) is 3.52. The molecule has 0 aromatic carbocycles. The maximum Gasteiger partial charge on any atom is 0.272 e. The van der Waals surface area contributed by atoms with Gasteiger partial charge in [-0.2, -0.15) is 5.10 Å². The summed E-state index contributed by atoms with van der Waals surface area (Å²) in [7, 11) is 1.76. The number of morpholine rings is 1. The Labute approximate surface area is 122 Å². The van der Waals surface area contributed by atoms with Gasteiger partial charge < -0.3 is 9.64 Å². The maximum atomic E-state index is 12.5. The van der Waals surface area contributed by atoms with E-state index in [1.54, 1.807) is 35.1 Å². The average molecular weight is 287 g/mol. The highest BCUT2D eigenvalue weighted by atomic mass is 16.5. The second kappa shape index (κ2) is 5.61. The van der Waals surface area contributed by atoms with Gasteiger partial charge in [-0.05, 0) is 19.1 Å². The minimum atomic E-state index is -0.211. The lowest BCUT2D eigenvalue weighted by Crippen LogP contribution is -2.43. The van der Waals surface area contributed by atoms with Crippen LogP contribution in [-0.4, -0.2) is 50.3 Å². The molecule has 2 aromatic rings. The van der Waals surface area contributed by atoms with E-state index in [-0.39, 0.29) is 12.0 Å². The Hall–Kier alpha value is -2.28. The number of rotatable bonds is 2. The molecule has 0 spiro atoms. The van der Waals surface area contributed by atoms with Crippen molar-refractivity contribution in [2.75, 3.05) is 19.7 Å². The molecule has 0 bridgehead atoms. The van der Waals surface area contributed by atoms with Gasteiger partial charge in [-0.3, -0.25) is 9.48 Å². The summed E-state index contributed by atoms with van der Waals surface area (Å²) in [5.74, 6) is 0.667. The summed E-state index contributed by atoms with van der Waals surface area (Å²) in [6.45, 7) is 3.40. The number of hydrogen-bond acceptors (Lipinski definition) is 5. The molecule has 0 radical (unpaired) electrons. The van der Waals surface area contributed by atoms with Gasteiger partial charge in [0.05, 0.1) is 18.8 Å². The van der Waals surface area contributed by atoms with Gasteiger partial charge >= 0.3 is 0 Å². The topological polar surface area (TPSA) is 73.1 Å². The van der Waals surface area contributed by atoms with Crippen molar-refractivity contribution in [1.82, 2.24) is 24.6 Å². The van der Waals surface area contributed by atoms with E-state index in [0.29, 0.717) is 31.2 Å². The van der Waals surface area contributed by atoms with E-state index in [0.717, 1.165) is 5.69 Å². The highest BCUT2D eigenvalue weighted by molar-refractivity contribution is 5.92. The fourth-order valence-electron chi connectivity index (χ4n) is 2.41. The van der Waals surface area contributed by atoms with E-state index >= 15 is 0 Å². The number of carbonyl (C=O) groups is 1. The van der Waals surface area contributed by atoms with Crippen LogP contribution in [-0.2, 0) is 11.8 Å². The third-order valence-corrected chi connectivity index (χ3v) is 3.52. The smallest absolute Gasteiger partial charge is 0.272 e. The van der Waals surface area contributed by atoms with Gasteiger partial charge in [-0.15, -0.1) is 0 Å². The predicted molar refractivity (Wildman–Crippen MR) is 74.6 cm³/mol. The molecule has 2 aromatic heterocycles. The lowest BCUT2D eigenvalue weighted by atomic mass is 10.2. The Bertz CT molecular complexity index is 654. The molecule has 1 fully saturated rings. The number of aromatic nitrogens is 4. The third kappa shape index (κ3) is 2.78. The van der Waals surface area contributed by atoms with Crippen LogP contribution >= 0.6 is 0 Å². The molecule has 3 rings (SSSR count). The maximum absolute atomic E-state index is 12.5. The molecule has 1 saturated heterocycles. The number of carbonyl (C=O) groups excluding carboxylic acids is 1. The summed E-state index contributed by atoms with van der Waals surface area (Å²) in [6, 6.07) is 3.55. The minimum absolute atomic E-state index is 0.0333. The Balaban J connectivity index is 1.77. The van der Waals surface area contributed by atoms with Gasteiger partial charge in [0, 0.05) is 26.0 Å². The minimum Gasteiger partial charge on any atom is -0.368 e. The number of nitrogens with zero attached hydrogens (tertiary/aromatic N) is 5. The molecule has 0 N–H and O–H groups in total. The Morgan fingerprint density at radius 2 is 2.24 bits per heavy atom. The quantitative estimate of drug-likeness (QED) is 0.814. The largest absolute Gasteiger partial charge is 0.368 e. The Morgan fingerprint density at radius 3 is 2.95 bits per heavy atom. The molecule has 1 aliphatic heterocycles. The lowest BCUT2D eigenvalue weighted by Gasteiger charge is -2.32. The van der Waals surface area contributed by atoms with E-state index in [1.165, 1.54) is 0 Å². The normalized spacial score (nSPS) is 18.8. The number of hydrogen-bond donors (Lipinski definition) is 0. The van der Waals surface area contributed by atoms with E-state index in [9.17, 15) is 4.79 Å². The summed E-state index contributed by atoms with van der Waals surface area (Å²) in [5.41, 5.74) is 1.39. The van der Waals surface area contributed by atoms with Crippen molar-refractivity contribution < 1.29 is 9.53 Å². The van der Waals surface area contributed by atoms with Gasteiger partial charge in [-0.1, -0.05) is 0 Å². The van der Waals surface area contributed by atoms with E-state index in [4.69, 9.17) is 4.74 Å². The van der Waals surface area contributed by atoms with E-state index in [2.05, 4.69) is 15.1 Å². The first-order valence-corrected chi connectivity index (χ1v) is 6.83. The molecule has 7 nitrogen and oxygen atoms in total. The highest BCUT2D eigenvalue weighted by Gasteiger charge is 2.28. The number of amides is 1. The predicted octanol–water partition coefficient (Wildman–Crippen LogP) is 0.732. The lowest BCUT2D eigenvalue weighted by molar-refractivity contribution is -0.0251. The van der Waals surface area contributed by atoms with Crippen LogP contribution in [0, 0.1) is 6.92 Å². The molecular weight excluding hydrogens is 270 g/mol. The Morgan fingerprint density at radius 1 is 1.38 bits per heavy atom. The second-order valence-corrected chi connectivity index (χ2v) is 4.98. The van der Waals surface area contributed by atoms with Gasteiger partial charge in [0.15, 0.2) is 0 Å². The zero-order valence-electron chi connectivity index (χ0n) is 12.1. The van der Waals surface area contributed by atoms with Crippen molar-refractivity contribution in [2.24, 2.45) is 7.05 Å². The number of ether oxygens (including phenoxy) is 1. The van der Waals surface area contributed by atoms with Crippen LogP contribution in [0.5, 0.6) is 0 Å². The summed E-state index contributed by atoms with van der Waals surface area (Å²) in [4.78, 5) is 22.7. The van der Waals surface area contributed by atoms with Crippen molar-refractivity contribution in [3.8, 4) is 0 Å². The molecule has 21 heavy (non-hydrogen) atoms. The first-order chi connectivity index (χ1) is 10.1. The molecule has 3 heterocycles. The van der Waals surface area contributed by atoms with Crippen LogP contribution in [0.2, 0.25) is 0 Å². The van der Waals surface area contributed by atoms with E-state index < -0.39 is 0 Å². The van der Waals surface area contributed by atoms with E-state index in [1.807, 2.05) is 13.0 Å². The van der Waals surface area contributed by atoms with Crippen molar-refractivity contribution in [3.05, 3.63) is 41.7 Å². The molecule has 1 aliphatic rings. The van der Waals surface area contributed by atoms with Crippen molar-refractivity contribution in [2.45, 2.75) is 13.0 Å². The molecule has 0 saturated carbocycles. The van der Waals surface area contributed by atoms with Crippen molar-refractivity contribution in [3.63, 3.8) is 0 Å². The molecule has 1 unspecified atom stereocenters. The second-order valence-electron chi connectivity index (χ2n) is 4.98. The van der Waals surface area contributed by atoms with Crippen molar-refractivity contribution in [1.29, 1.82) is 0 Å². The van der Waals surface area contributed by atoms with Gasteiger partial charge in [-0.25, -0.2) is 9.97 Å². The van der Waals surface area contributed by atoms with Crippen molar-refractivity contribution >= 4 is 5.91 Å². The zero-order valence-corrected chi connectivity index (χ0v) is 12.1. The van der Waals surface area contributed by atoms with Gasteiger partial charge in [0.25, 0.3) is 5.91 Å². The molecule has 0 aliphatic carbocycles. The molecule has 7 heteroatoms. The standard InChI is InChI=1S/C14H17N5O2/c1-10-15-5-3-11(17-10)13-9-19(7-8-21-13)14(20)12-4-6-16-18(12)2/h3-6,13H,7-9H2,1-2H3. The fraction of sp³-hybridized carbons (Fsp3) is 0.429. The Kier molecular flexibility index (Phi) is 3.66. The summed E-state index contributed by atoms with van der Waals surface area (Å²) >= 11 is 0. The zero-order chi connectivity index (χ0) is 14.8. The summed E-state index contributed by atoms with van der Waals surface area (Å²) in [5, 5.41) is 4.04. The van der Waals surface area contributed by atoms with Crippen LogP contribution in [0.25, 0.3) is 0 Å². The average Bonchev–Trinajstić information content (AvgIpc) is 2.93. The molecular formula is C14H17N5O2. The molecule has 1 atom stereocenters. The van der Waals surface area contributed by atoms with Crippen LogP contribution in [0.3, 0.4) is 0 Å². The first-order valence-electron chi connectivity index (χ1n) is 6.83. The monoisotopic (exact) mass is 287 g/mol. The van der Waals surface area contributed by atoms with Gasteiger partial charge in [0.2, 0.25) is 0 Å². The number of aryl methyl sites for hydroxylation is 2. The fourth-order valence-corrected chi connectivity index (χ4v) is 2.41. The molecule has 110 valence electrons. The van der Waals surface area contributed by atoms with Crippen LogP contribution in [0.4, 0.5) is 0 Å². The highest BCUT2D eigenvalue weighted by Crippen LogP contribution is 2.21. The molecule has 1 amide bonds. The summed E-state index contributed by atoms with van der Waals surface area (Å²) < 4.78 is 7.33.